The fraction of sp³-hybridized carbons (Fsp3) is 0.565. The maximum atomic E-state index is 13.2. The Morgan fingerprint density at radius 1 is 1.26 bits per heavy atom. The maximum Gasteiger partial charge on any atom is 0.267 e. The largest absolute Gasteiger partial charge is 0.391 e. The molecule has 7 nitrogen and oxygen atoms in total. The number of nitrogens with one attached hydrogen (secondary N) is 1. The van der Waals surface area contributed by atoms with Gasteiger partial charge >= 0.3 is 0 Å². The van der Waals surface area contributed by atoms with Crippen molar-refractivity contribution in [3.05, 3.63) is 46.5 Å². The summed E-state index contributed by atoms with van der Waals surface area (Å²) >= 11 is 1.11. The average Bonchev–Trinajstić information content (AvgIpc) is 3.19. The molecule has 0 spiro atoms. The molecule has 1 aliphatic carbocycles. The van der Waals surface area contributed by atoms with E-state index in [0.29, 0.717) is 30.0 Å². The van der Waals surface area contributed by atoms with E-state index in [9.17, 15) is 14.7 Å². The normalized spacial score (nSPS) is 23.9. The van der Waals surface area contributed by atoms with E-state index in [-0.39, 0.29) is 29.2 Å². The van der Waals surface area contributed by atoms with Crippen LogP contribution in [0.5, 0.6) is 0 Å². The van der Waals surface area contributed by atoms with Gasteiger partial charge in [0.25, 0.3) is 5.91 Å². The van der Waals surface area contributed by atoms with Gasteiger partial charge in [-0.05, 0) is 48.7 Å². The molecule has 1 heterocycles. The highest BCUT2D eigenvalue weighted by molar-refractivity contribution is 7.08. The summed E-state index contributed by atoms with van der Waals surface area (Å²) in [5.74, 6) is -0.103. The molecule has 2 N–H and O–H groups in total. The Labute approximate surface area is 188 Å². The van der Waals surface area contributed by atoms with E-state index in [2.05, 4.69) is 27.0 Å². The van der Waals surface area contributed by atoms with Gasteiger partial charge in [-0.3, -0.25) is 9.59 Å². The molecule has 1 aliphatic rings. The molecule has 1 saturated carbocycles. The number of nitrogens with zero attached hydrogens (tertiary/aromatic N) is 3. The van der Waals surface area contributed by atoms with Gasteiger partial charge in [0.15, 0.2) is 0 Å². The van der Waals surface area contributed by atoms with E-state index >= 15 is 0 Å². The third-order valence-corrected chi connectivity index (χ3v) is 7.15. The lowest BCUT2D eigenvalue weighted by atomic mass is 9.74. The summed E-state index contributed by atoms with van der Waals surface area (Å²) in [5.41, 5.74) is 1.58. The number of hydrogen-bond acceptors (Lipinski definition) is 6. The van der Waals surface area contributed by atoms with Crippen LogP contribution >= 0.6 is 11.5 Å². The number of carbonyl (C=O) groups excluding carboxylic acids is 2. The highest BCUT2D eigenvalue weighted by Gasteiger charge is 2.40. The Morgan fingerprint density at radius 2 is 1.94 bits per heavy atom. The highest BCUT2D eigenvalue weighted by atomic mass is 32.1. The number of aliphatic hydroxyl groups excluding tert-OH is 1. The predicted molar refractivity (Wildman–Crippen MR) is 121 cm³/mol. The van der Waals surface area contributed by atoms with Crippen LogP contribution in [0, 0.1) is 0 Å². The molecule has 0 saturated heterocycles. The van der Waals surface area contributed by atoms with Crippen molar-refractivity contribution >= 4 is 23.3 Å². The number of carbonyl (C=O) groups is 2. The van der Waals surface area contributed by atoms with Gasteiger partial charge in [0.1, 0.15) is 4.88 Å². The third-order valence-electron chi connectivity index (χ3n) is 6.42. The second kappa shape index (κ2) is 9.87. The van der Waals surface area contributed by atoms with Crippen molar-refractivity contribution in [2.45, 2.75) is 69.9 Å². The van der Waals surface area contributed by atoms with E-state index in [0.717, 1.165) is 29.9 Å². The molecule has 31 heavy (non-hydrogen) atoms. The molecule has 0 bridgehead atoms. The second-order valence-corrected chi connectivity index (χ2v) is 9.58. The Hall–Kier alpha value is -2.32. The van der Waals surface area contributed by atoms with Crippen molar-refractivity contribution in [2.75, 3.05) is 13.6 Å². The number of aromatic nitrogens is 2. The van der Waals surface area contributed by atoms with Crippen molar-refractivity contribution in [3.63, 3.8) is 0 Å². The summed E-state index contributed by atoms with van der Waals surface area (Å²) in [6.45, 7) is 6.02. The van der Waals surface area contributed by atoms with Crippen LogP contribution in [0.2, 0.25) is 0 Å². The quantitative estimate of drug-likeness (QED) is 0.668. The van der Waals surface area contributed by atoms with Gasteiger partial charge in [0.05, 0.1) is 17.8 Å². The molecule has 0 aliphatic heterocycles. The molecule has 0 unspecified atom stereocenters. The van der Waals surface area contributed by atoms with Crippen molar-refractivity contribution < 1.29 is 14.7 Å². The van der Waals surface area contributed by atoms with Crippen LogP contribution < -0.4 is 5.32 Å². The number of amides is 2. The van der Waals surface area contributed by atoms with Crippen molar-refractivity contribution in [1.29, 1.82) is 0 Å². The Kier molecular flexibility index (Phi) is 7.43. The molecular weight excluding hydrogens is 412 g/mol. The zero-order valence-corrected chi connectivity index (χ0v) is 19.5. The molecule has 2 aromatic rings. The minimum absolute atomic E-state index is 0.0668. The van der Waals surface area contributed by atoms with Crippen molar-refractivity contribution in [3.8, 4) is 0 Å². The summed E-state index contributed by atoms with van der Waals surface area (Å²) in [6.07, 6.45) is 2.04. The number of rotatable bonds is 6. The molecule has 2 amide bonds. The number of likely N-dealkylation sites (N-methyl/N-ethyl adjacent to an activating group) is 1. The van der Waals surface area contributed by atoms with Gasteiger partial charge in [-0.15, -0.1) is 5.10 Å². The minimum Gasteiger partial charge on any atom is -0.391 e. The summed E-state index contributed by atoms with van der Waals surface area (Å²) < 4.78 is 3.97. The predicted octanol–water partition coefficient (Wildman–Crippen LogP) is 3.11. The molecule has 168 valence electrons. The van der Waals surface area contributed by atoms with E-state index < -0.39 is 6.10 Å². The second-order valence-electron chi connectivity index (χ2n) is 8.83. The highest BCUT2D eigenvalue weighted by Crippen LogP contribution is 2.39. The van der Waals surface area contributed by atoms with Gasteiger partial charge in [-0.2, -0.15) is 0 Å². The molecule has 3 atom stereocenters. The topological polar surface area (TPSA) is 95.4 Å². The molecule has 1 aromatic heterocycles. The fourth-order valence-corrected chi connectivity index (χ4v) is 5.30. The zero-order valence-electron chi connectivity index (χ0n) is 18.7. The Balaban J connectivity index is 1.84. The Bertz CT molecular complexity index is 901. The smallest absolute Gasteiger partial charge is 0.267 e. The number of aliphatic hydroxyl groups is 1. The first-order valence-electron chi connectivity index (χ1n) is 10.8. The van der Waals surface area contributed by atoms with E-state index in [1.54, 1.807) is 11.9 Å². The average molecular weight is 445 g/mol. The van der Waals surface area contributed by atoms with Crippen molar-refractivity contribution in [1.82, 2.24) is 19.8 Å². The summed E-state index contributed by atoms with van der Waals surface area (Å²) in [6, 6.07) is 9.85. The van der Waals surface area contributed by atoms with Crippen LogP contribution in [0.4, 0.5) is 0 Å². The van der Waals surface area contributed by atoms with Gasteiger partial charge in [0, 0.05) is 25.9 Å². The van der Waals surface area contributed by atoms with Crippen LogP contribution in [0.1, 0.15) is 73.3 Å². The van der Waals surface area contributed by atoms with E-state index in [1.807, 2.05) is 32.0 Å². The standard InChI is InChI=1S/C23H32N4O3S/c1-15(2)20-21(31-26-25-20)22(30)27(4)18-10-12-23(13-11-19(18)29,14-24-16(3)28)17-8-6-5-7-9-17/h5-9,15,18-19,29H,10-14H2,1-4H3,(H,24,28)/t18-,19-,23-/m1/s1. The van der Waals surface area contributed by atoms with Crippen molar-refractivity contribution in [2.24, 2.45) is 0 Å². The zero-order chi connectivity index (χ0) is 22.6. The lowest BCUT2D eigenvalue weighted by molar-refractivity contribution is -0.119. The summed E-state index contributed by atoms with van der Waals surface area (Å²) in [5, 5.41) is 18.1. The fourth-order valence-electron chi connectivity index (χ4n) is 4.50. The molecule has 1 aromatic carbocycles. The SMILES string of the molecule is CC(=O)NC[C@]1(c2ccccc2)CC[C@@H](O)[C@H](N(C)C(=O)c2snnc2C(C)C)CC1. The van der Waals surface area contributed by atoms with Gasteiger partial charge < -0.3 is 15.3 Å². The molecule has 8 heteroatoms. The number of hydrogen-bond donors (Lipinski definition) is 2. The molecular formula is C23H32N4O3S. The van der Waals surface area contributed by atoms with E-state index in [1.165, 1.54) is 6.92 Å². The first-order valence-corrected chi connectivity index (χ1v) is 11.6. The summed E-state index contributed by atoms with van der Waals surface area (Å²) in [7, 11) is 1.75. The van der Waals surface area contributed by atoms with Crippen LogP contribution in [0.15, 0.2) is 30.3 Å². The minimum atomic E-state index is -0.639. The first kappa shape index (κ1) is 23.3. The molecule has 1 fully saturated rings. The van der Waals surface area contributed by atoms with Crippen LogP contribution in [0.25, 0.3) is 0 Å². The van der Waals surface area contributed by atoms with E-state index in [4.69, 9.17) is 0 Å². The number of benzene rings is 1. The summed E-state index contributed by atoms with van der Waals surface area (Å²) in [4.78, 5) is 27.1. The monoisotopic (exact) mass is 444 g/mol. The molecule has 0 radical (unpaired) electrons. The lowest BCUT2D eigenvalue weighted by Gasteiger charge is -2.34. The van der Waals surface area contributed by atoms with Crippen LogP contribution in [-0.4, -0.2) is 57.1 Å². The van der Waals surface area contributed by atoms with Crippen LogP contribution in [-0.2, 0) is 10.2 Å². The third kappa shape index (κ3) is 5.13. The maximum absolute atomic E-state index is 13.2. The van der Waals surface area contributed by atoms with Gasteiger partial charge in [0.2, 0.25) is 5.91 Å². The van der Waals surface area contributed by atoms with Gasteiger partial charge in [-0.25, -0.2) is 0 Å². The van der Waals surface area contributed by atoms with Gasteiger partial charge in [-0.1, -0.05) is 48.7 Å². The Morgan fingerprint density at radius 3 is 2.58 bits per heavy atom. The molecule has 3 rings (SSSR count). The van der Waals surface area contributed by atoms with Crippen LogP contribution in [0.3, 0.4) is 0 Å². The lowest BCUT2D eigenvalue weighted by Crippen LogP contribution is -2.44. The first-order chi connectivity index (χ1) is 14.7.